The van der Waals surface area contributed by atoms with Gasteiger partial charge in [-0.1, -0.05) is 108 Å². The summed E-state index contributed by atoms with van der Waals surface area (Å²) in [5, 5.41) is 0. The highest BCUT2D eigenvalue weighted by molar-refractivity contribution is 5.81. The largest absolute Gasteiger partial charge is 0.477 e. The normalized spacial score (nSPS) is 15.4. The average Bonchev–Trinajstić information content (AvgIpc) is 3.23. The first kappa shape index (κ1) is 22.5. The number of hydrogen-bond donors (Lipinski definition) is 0. The molecule has 0 fully saturated rings. The van der Waals surface area contributed by atoms with Gasteiger partial charge in [-0.2, -0.15) is 0 Å². The predicted molar refractivity (Wildman–Crippen MR) is 141 cm³/mol. The van der Waals surface area contributed by atoms with Crippen LogP contribution in [0.25, 0.3) is 22.5 Å². The monoisotopic (exact) mass is 450 g/mol. The Morgan fingerprint density at radius 3 is 2.00 bits per heavy atom. The first-order valence-corrected chi connectivity index (χ1v) is 12.1. The molecule has 34 heavy (non-hydrogen) atoms. The van der Waals surface area contributed by atoms with Gasteiger partial charge in [0.25, 0.3) is 0 Å². The second kappa shape index (κ2) is 7.91. The molecule has 4 aromatic rings. The molecule has 0 amide bonds. The maximum absolute atomic E-state index is 6.87. The third-order valence-corrected chi connectivity index (χ3v) is 6.73. The Morgan fingerprint density at radius 1 is 0.706 bits per heavy atom. The molecule has 0 N–H and O–H groups in total. The zero-order chi connectivity index (χ0) is 24.3. The number of hydrogen-bond acceptors (Lipinski definition) is 2. The van der Waals surface area contributed by atoms with Gasteiger partial charge in [0, 0.05) is 27.8 Å². The highest BCUT2D eigenvalue weighted by atomic mass is 16.5. The summed E-state index contributed by atoms with van der Waals surface area (Å²) in [6, 6.07) is 25.8. The van der Waals surface area contributed by atoms with Crippen molar-refractivity contribution in [3.63, 3.8) is 0 Å². The van der Waals surface area contributed by atoms with E-state index in [-0.39, 0.29) is 16.9 Å². The Bertz CT molecular complexity index is 1330. The molecule has 1 aliphatic heterocycles. The standard InChI is InChI=1S/C32H34O2/c1-20-13-15-22(16-14-20)28-30-25(19-27(33-30)21-11-9-8-10-12-21)24-17-23(31(2,3)4)18-26(29(24)34-28)32(5,6)7/h8-19,28H,1-7H3. The van der Waals surface area contributed by atoms with Gasteiger partial charge in [-0.3, -0.25) is 0 Å². The summed E-state index contributed by atoms with van der Waals surface area (Å²) in [6.07, 6.45) is -0.290. The van der Waals surface area contributed by atoms with Gasteiger partial charge in [-0.05, 0) is 35.4 Å². The quantitative estimate of drug-likeness (QED) is 0.304. The number of benzene rings is 3. The van der Waals surface area contributed by atoms with Crippen LogP contribution in [0.4, 0.5) is 0 Å². The molecular weight excluding hydrogens is 416 g/mol. The summed E-state index contributed by atoms with van der Waals surface area (Å²) in [5.74, 6) is 2.72. The Hall–Kier alpha value is -3.26. The van der Waals surface area contributed by atoms with Crippen LogP contribution in [0.5, 0.6) is 5.75 Å². The molecule has 0 saturated carbocycles. The molecule has 2 heteroatoms. The van der Waals surface area contributed by atoms with Crippen LogP contribution in [0.15, 0.2) is 77.2 Å². The molecule has 2 nitrogen and oxygen atoms in total. The minimum atomic E-state index is -0.290. The van der Waals surface area contributed by atoms with Gasteiger partial charge in [-0.15, -0.1) is 0 Å². The van der Waals surface area contributed by atoms with Crippen molar-refractivity contribution in [2.45, 2.75) is 65.4 Å². The first-order chi connectivity index (χ1) is 16.0. The van der Waals surface area contributed by atoms with Crippen molar-refractivity contribution in [3.8, 4) is 28.2 Å². The van der Waals surface area contributed by atoms with Crippen molar-refractivity contribution in [1.82, 2.24) is 0 Å². The molecule has 0 aliphatic carbocycles. The van der Waals surface area contributed by atoms with Crippen molar-refractivity contribution in [2.24, 2.45) is 0 Å². The molecule has 0 bridgehead atoms. The summed E-state index contributed by atoms with van der Waals surface area (Å²) >= 11 is 0. The predicted octanol–water partition coefficient (Wildman–Crippen LogP) is 9.00. The molecule has 1 unspecified atom stereocenters. The van der Waals surface area contributed by atoms with Crippen LogP contribution >= 0.6 is 0 Å². The van der Waals surface area contributed by atoms with Crippen molar-refractivity contribution < 1.29 is 9.15 Å². The third kappa shape index (κ3) is 3.96. The van der Waals surface area contributed by atoms with Crippen molar-refractivity contribution in [2.75, 3.05) is 0 Å². The van der Waals surface area contributed by atoms with Crippen LogP contribution in [-0.2, 0) is 10.8 Å². The lowest BCUT2D eigenvalue weighted by atomic mass is 9.77. The molecule has 3 aromatic carbocycles. The zero-order valence-corrected chi connectivity index (χ0v) is 21.3. The second-order valence-electron chi connectivity index (χ2n) is 11.6. The van der Waals surface area contributed by atoms with Gasteiger partial charge in [0.05, 0.1) is 0 Å². The highest BCUT2D eigenvalue weighted by Crippen LogP contribution is 2.52. The number of aryl methyl sites for hydroxylation is 1. The SMILES string of the molecule is Cc1ccc(C2Oc3c(cc(C(C)(C)C)cc3C(C)(C)C)-c3cc(-c4ccccc4)oc32)cc1. The summed E-state index contributed by atoms with van der Waals surface area (Å²) in [4.78, 5) is 0. The minimum absolute atomic E-state index is 0.0228. The van der Waals surface area contributed by atoms with Crippen LogP contribution < -0.4 is 4.74 Å². The maximum Gasteiger partial charge on any atom is 0.182 e. The molecule has 0 saturated heterocycles. The van der Waals surface area contributed by atoms with E-state index in [0.717, 1.165) is 39.5 Å². The number of furan rings is 1. The van der Waals surface area contributed by atoms with Crippen LogP contribution in [0.2, 0.25) is 0 Å². The Balaban J connectivity index is 1.79. The molecule has 174 valence electrons. The van der Waals surface area contributed by atoms with E-state index < -0.39 is 0 Å². The van der Waals surface area contributed by atoms with E-state index in [0.29, 0.717) is 0 Å². The number of rotatable bonds is 2. The second-order valence-corrected chi connectivity index (χ2v) is 11.6. The molecule has 2 heterocycles. The topological polar surface area (TPSA) is 22.4 Å². The summed E-state index contributed by atoms with van der Waals surface area (Å²) in [7, 11) is 0. The molecular formula is C32H34O2. The van der Waals surface area contributed by atoms with Crippen LogP contribution in [0.3, 0.4) is 0 Å². The fourth-order valence-electron chi connectivity index (χ4n) is 4.63. The van der Waals surface area contributed by atoms with E-state index in [2.05, 4.69) is 103 Å². The molecule has 1 aliphatic rings. The molecule has 0 spiro atoms. The fraction of sp³-hybridized carbons (Fsp3) is 0.312. The minimum Gasteiger partial charge on any atom is -0.477 e. The van der Waals surface area contributed by atoms with E-state index >= 15 is 0 Å². The lowest BCUT2D eigenvalue weighted by Gasteiger charge is -2.33. The van der Waals surface area contributed by atoms with Gasteiger partial charge >= 0.3 is 0 Å². The zero-order valence-electron chi connectivity index (χ0n) is 21.3. The Morgan fingerprint density at radius 2 is 1.38 bits per heavy atom. The molecule has 0 radical (unpaired) electrons. The smallest absolute Gasteiger partial charge is 0.182 e. The average molecular weight is 451 g/mol. The van der Waals surface area contributed by atoms with E-state index in [9.17, 15) is 0 Å². The Kier molecular flexibility index (Phi) is 5.24. The van der Waals surface area contributed by atoms with Crippen molar-refractivity contribution >= 4 is 0 Å². The lowest BCUT2D eigenvalue weighted by molar-refractivity contribution is 0.207. The Labute approximate surface area is 203 Å². The summed E-state index contributed by atoms with van der Waals surface area (Å²) in [5.41, 5.74) is 8.16. The van der Waals surface area contributed by atoms with E-state index in [1.807, 2.05) is 18.2 Å². The van der Waals surface area contributed by atoms with Gasteiger partial charge in [-0.25, -0.2) is 0 Å². The summed E-state index contributed by atoms with van der Waals surface area (Å²) < 4.78 is 13.4. The maximum atomic E-state index is 6.87. The third-order valence-electron chi connectivity index (χ3n) is 6.73. The van der Waals surface area contributed by atoms with Crippen LogP contribution in [0.1, 0.15) is 75.7 Å². The fourth-order valence-corrected chi connectivity index (χ4v) is 4.63. The number of ether oxygens (including phenoxy) is 1. The van der Waals surface area contributed by atoms with Crippen molar-refractivity contribution in [3.05, 3.63) is 101 Å². The molecule has 5 rings (SSSR count). The number of fused-ring (bicyclic) bond motifs is 3. The van der Waals surface area contributed by atoms with Crippen molar-refractivity contribution in [1.29, 1.82) is 0 Å². The van der Waals surface area contributed by atoms with Crippen LogP contribution in [0, 0.1) is 6.92 Å². The van der Waals surface area contributed by atoms with E-state index in [4.69, 9.17) is 9.15 Å². The first-order valence-electron chi connectivity index (χ1n) is 12.1. The molecule has 1 aromatic heterocycles. The van der Waals surface area contributed by atoms with Crippen LogP contribution in [-0.4, -0.2) is 0 Å². The summed E-state index contributed by atoms with van der Waals surface area (Å²) in [6.45, 7) is 15.7. The highest BCUT2D eigenvalue weighted by Gasteiger charge is 2.36. The molecule has 1 atom stereocenters. The van der Waals surface area contributed by atoms with Gasteiger partial charge in [0.2, 0.25) is 0 Å². The van der Waals surface area contributed by atoms with E-state index in [1.54, 1.807) is 0 Å². The van der Waals surface area contributed by atoms with Gasteiger partial charge in [0.15, 0.2) is 11.9 Å². The lowest BCUT2D eigenvalue weighted by Crippen LogP contribution is -2.22. The van der Waals surface area contributed by atoms with E-state index in [1.165, 1.54) is 16.7 Å². The van der Waals surface area contributed by atoms with Gasteiger partial charge < -0.3 is 9.15 Å². The van der Waals surface area contributed by atoms with Gasteiger partial charge in [0.1, 0.15) is 11.5 Å².